The molecule has 0 atom stereocenters. The molecule has 0 aliphatic rings. The Hall–Kier alpha value is -2.68. The van der Waals surface area contributed by atoms with Gasteiger partial charge < -0.3 is 0 Å². The average Bonchev–Trinajstić information content (AvgIpc) is 2.70. The fraction of sp³-hybridized carbons (Fsp3) is 0. The molecule has 0 bridgehead atoms. The molecule has 0 saturated heterocycles. The number of nitrogens with one attached hydrogen (secondary N) is 2. The molecule has 148 valence electrons. The molecule has 29 heavy (non-hydrogen) atoms. The number of hydrogen-bond donors (Lipinski definition) is 2. The van der Waals surface area contributed by atoms with Crippen molar-refractivity contribution in [3.63, 3.8) is 0 Å². The molecule has 6 nitrogen and oxygen atoms in total. The first kappa shape index (κ1) is 21.0. The summed E-state index contributed by atoms with van der Waals surface area (Å²) < 4.78 is 28.1. The van der Waals surface area contributed by atoms with E-state index in [2.05, 4.69) is 31.2 Å². The van der Waals surface area contributed by atoms with Gasteiger partial charge in [-0.2, -0.15) is 5.10 Å². The van der Waals surface area contributed by atoms with Crippen molar-refractivity contribution in [3.8, 4) is 0 Å². The molecule has 3 aromatic carbocycles. The highest BCUT2D eigenvalue weighted by molar-refractivity contribution is 9.10. The fourth-order valence-corrected chi connectivity index (χ4v) is 3.89. The lowest BCUT2D eigenvalue weighted by atomic mass is 10.2. The number of rotatable bonds is 6. The molecule has 0 unspecified atom stereocenters. The Labute approximate surface area is 181 Å². The Morgan fingerprint density at radius 1 is 0.966 bits per heavy atom. The molecule has 3 aromatic rings. The minimum absolute atomic E-state index is 0.0881. The number of hydrazone groups is 1. The number of benzene rings is 3. The van der Waals surface area contributed by atoms with Crippen LogP contribution in [0.15, 0.2) is 87.3 Å². The lowest BCUT2D eigenvalue weighted by Gasteiger charge is -2.09. The summed E-state index contributed by atoms with van der Waals surface area (Å²) in [5.74, 6) is -0.416. The molecule has 1 amide bonds. The van der Waals surface area contributed by atoms with Crippen LogP contribution in [0.1, 0.15) is 15.9 Å². The molecule has 0 radical (unpaired) electrons. The number of carbonyl (C=O) groups is 1. The standard InChI is InChI=1S/C20H15BrClN3O3S/c21-19-4-2-1-3-15(19)13-23-24-20(26)14-5-9-17(10-6-14)25-29(27,28)18-11-7-16(22)8-12-18/h1-13,25H,(H,24,26)/b23-13+. The SMILES string of the molecule is O=C(N/N=C/c1ccccc1Br)c1ccc(NS(=O)(=O)c2ccc(Cl)cc2)cc1. The highest BCUT2D eigenvalue weighted by Crippen LogP contribution is 2.19. The highest BCUT2D eigenvalue weighted by atomic mass is 79.9. The zero-order valence-corrected chi connectivity index (χ0v) is 18.0. The summed E-state index contributed by atoms with van der Waals surface area (Å²) in [6.07, 6.45) is 1.52. The lowest BCUT2D eigenvalue weighted by Crippen LogP contribution is -2.18. The first-order valence-electron chi connectivity index (χ1n) is 8.31. The maximum atomic E-state index is 12.4. The summed E-state index contributed by atoms with van der Waals surface area (Å²) in [5.41, 5.74) is 3.92. The largest absolute Gasteiger partial charge is 0.280 e. The van der Waals surface area contributed by atoms with Gasteiger partial charge in [-0.25, -0.2) is 13.8 Å². The van der Waals surface area contributed by atoms with Crippen LogP contribution in [0, 0.1) is 0 Å². The summed E-state index contributed by atoms with van der Waals surface area (Å²) in [4.78, 5) is 12.3. The van der Waals surface area contributed by atoms with E-state index in [4.69, 9.17) is 11.6 Å². The molecule has 2 N–H and O–H groups in total. The van der Waals surface area contributed by atoms with Crippen molar-refractivity contribution in [1.29, 1.82) is 0 Å². The summed E-state index contributed by atoms with van der Waals surface area (Å²) in [7, 11) is -3.75. The Bertz CT molecular complexity index is 1150. The van der Waals surface area contributed by atoms with Crippen molar-refractivity contribution in [2.24, 2.45) is 5.10 Å². The van der Waals surface area contributed by atoms with E-state index in [-0.39, 0.29) is 4.90 Å². The van der Waals surface area contributed by atoms with E-state index in [1.54, 1.807) is 0 Å². The molecular formula is C20H15BrClN3O3S. The van der Waals surface area contributed by atoms with Crippen molar-refractivity contribution < 1.29 is 13.2 Å². The van der Waals surface area contributed by atoms with Crippen molar-refractivity contribution in [1.82, 2.24) is 5.43 Å². The van der Waals surface area contributed by atoms with Crippen molar-refractivity contribution in [2.45, 2.75) is 4.90 Å². The van der Waals surface area contributed by atoms with Crippen LogP contribution in [0.4, 0.5) is 5.69 Å². The quantitative estimate of drug-likeness (QED) is 0.387. The molecule has 0 spiro atoms. The Balaban J connectivity index is 1.64. The van der Waals surface area contributed by atoms with E-state index in [0.29, 0.717) is 16.3 Å². The van der Waals surface area contributed by atoms with Crippen LogP contribution >= 0.6 is 27.5 Å². The molecule has 0 saturated carbocycles. The van der Waals surface area contributed by atoms with Crippen LogP contribution in [0.3, 0.4) is 0 Å². The lowest BCUT2D eigenvalue weighted by molar-refractivity contribution is 0.0955. The zero-order valence-electron chi connectivity index (χ0n) is 14.8. The second-order valence-electron chi connectivity index (χ2n) is 5.86. The van der Waals surface area contributed by atoms with Crippen molar-refractivity contribution in [2.75, 3.05) is 4.72 Å². The maximum absolute atomic E-state index is 12.4. The summed E-state index contributed by atoms with van der Waals surface area (Å²) in [5, 5.41) is 4.38. The number of sulfonamides is 1. The number of nitrogens with zero attached hydrogens (tertiary/aromatic N) is 1. The molecule has 0 aliphatic heterocycles. The number of carbonyl (C=O) groups excluding carboxylic acids is 1. The van der Waals surface area contributed by atoms with Crippen LogP contribution in [0.5, 0.6) is 0 Å². The number of halogens is 2. The van der Waals surface area contributed by atoms with Crippen LogP contribution < -0.4 is 10.1 Å². The smallest absolute Gasteiger partial charge is 0.271 e. The Kier molecular flexibility index (Phi) is 6.68. The van der Waals surface area contributed by atoms with E-state index < -0.39 is 15.9 Å². The third-order valence-electron chi connectivity index (χ3n) is 3.80. The van der Waals surface area contributed by atoms with E-state index in [0.717, 1.165) is 10.0 Å². The van der Waals surface area contributed by atoms with Crippen LogP contribution in [-0.2, 0) is 10.0 Å². The highest BCUT2D eigenvalue weighted by Gasteiger charge is 2.14. The molecule has 0 aromatic heterocycles. The summed E-state index contributed by atoms with van der Waals surface area (Å²) in [6.45, 7) is 0. The van der Waals surface area contributed by atoms with Gasteiger partial charge in [0.1, 0.15) is 0 Å². The van der Waals surface area contributed by atoms with Gasteiger partial charge in [-0.3, -0.25) is 9.52 Å². The van der Waals surface area contributed by atoms with Crippen molar-refractivity contribution >= 4 is 55.4 Å². The van der Waals surface area contributed by atoms with Gasteiger partial charge in [0.2, 0.25) is 0 Å². The minimum atomic E-state index is -3.75. The average molecular weight is 493 g/mol. The van der Waals surface area contributed by atoms with Crippen molar-refractivity contribution in [3.05, 3.63) is 93.4 Å². The number of anilines is 1. The zero-order chi connectivity index (χ0) is 20.9. The second kappa shape index (κ2) is 9.21. The van der Waals surface area contributed by atoms with Crippen LogP contribution in [0.25, 0.3) is 0 Å². The topological polar surface area (TPSA) is 87.6 Å². The van der Waals surface area contributed by atoms with E-state index in [9.17, 15) is 13.2 Å². The van der Waals surface area contributed by atoms with Crippen LogP contribution in [-0.4, -0.2) is 20.5 Å². The third kappa shape index (κ3) is 5.66. The monoisotopic (exact) mass is 491 g/mol. The Morgan fingerprint density at radius 3 is 2.28 bits per heavy atom. The molecule has 9 heteroatoms. The van der Waals surface area contributed by atoms with Gasteiger partial charge in [0.05, 0.1) is 11.1 Å². The molecular weight excluding hydrogens is 478 g/mol. The Morgan fingerprint density at radius 2 is 1.62 bits per heavy atom. The van der Waals surface area contributed by atoms with Gasteiger partial charge in [-0.05, 0) is 54.6 Å². The van der Waals surface area contributed by atoms with E-state index in [1.165, 1.54) is 54.7 Å². The van der Waals surface area contributed by atoms with Gasteiger partial charge in [-0.1, -0.05) is 45.7 Å². The molecule has 0 aliphatic carbocycles. The third-order valence-corrected chi connectivity index (χ3v) is 6.17. The normalized spacial score (nSPS) is 11.4. The van der Waals surface area contributed by atoms with Gasteiger partial charge in [0.25, 0.3) is 15.9 Å². The first-order chi connectivity index (χ1) is 13.8. The second-order valence-corrected chi connectivity index (χ2v) is 8.83. The predicted octanol–water partition coefficient (Wildman–Crippen LogP) is 4.67. The molecule has 0 fully saturated rings. The first-order valence-corrected chi connectivity index (χ1v) is 11.0. The van der Waals surface area contributed by atoms with Gasteiger partial charge in [0.15, 0.2) is 0 Å². The van der Waals surface area contributed by atoms with Gasteiger partial charge in [-0.15, -0.1) is 0 Å². The summed E-state index contributed by atoms with van der Waals surface area (Å²) >= 11 is 9.18. The molecule has 3 rings (SSSR count). The number of amides is 1. The predicted molar refractivity (Wildman–Crippen MR) is 118 cm³/mol. The van der Waals surface area contributed by atoms with Crippen LogP contribution in [0.2, 0.25) is 5.02 Å². The van der Waals surface area contributed by atoms with Gasteiger partial charge in [0, 0.05) is 26.3 Å². The fourth-order valence-electron chi connectivity index (χ4n) is 2.32. The van der Waals surface area contributed by atoms with E-state index in [1.807, 2.05) is 24.3 Å². The summed E-state index contributed by atoms with van der Waals surface area (Å²) in [6, 6.07) is 19.3. The minimum Gasteiger partial charge on any atom is -0.280 e. The maximum Gasteiger partial charge on any atom is 0.271 e. The van der Waals surface area contributed by atoms with E-state index >= 15 is 0 Å². The van der Waals surface area contributed by atoms with Gasteiger partial charge >= 0.3 is 0 Å². The number of hydrogen-bond acceptors (Lipinski definition) is 4. The molecule has 0 heterocycles.